The highest BCUT2D eigenvalue weighted by molar-refractivity contribution is 6.07. The van der Waals surface area contributed by atoms with E-state index in [0.29, 0.717) is 5.69 Å². The summed E-state index contributed by atoms with van der Waals surface area (Å²) in [6.45, 7) is 4.54. The Balaban J connectivity index is 1.53. The monoisotopic (exact) mass is 483 g/mol. The topological polar surface area (TPSA) is 164 Å². The van der Waals surface area contributed by atoms with Gasteiger partial charge in [0.15, 0.2) is 12.4 Å². The zero-order valence-corrected chi connectivity index (χ0v) is 19.4. The number of aromatic nitrogens is 2. The van der Waals surface area contributed by atoms with Gasteiger partial charge in [-0.3, -0.25) is 10.1 Å². The Bertz CT molecular complexity index is 1300. The molecule has 1 aromatic carbocycles. The minimum Gasteiger partial charge on any atom is -0.462 e. The molecule has 12 heteroatoms. The van der Waals surface area contributed by atoms with Gasteiger partial charge < -0.3 is 24.5 Å². The third kappa shape index (κ3) is 4.86. The van der Waals surface area contributed by atoms with Gasteiger partial charge in [0, 0.05) is 19.2 Å². The number of ether oxygens (including phenoxy) is 2. The van der Waals surface area contributed by atoms with Crippen molar-refractivity contribution >= 4 is 40.2 Å². The van der Waals surface area contributed by atoms with Crippen LogP contribution in [0.25, 0.3) is 11.1 Å². The molecule has 3 aromatic rings. The average molecular weight is 483 g/mol. The number of rotatable bonds is 7. The number of benzene rings is 1. The molecule has 3 heterocycles. The lowest BCUT2D eigenvalue weighted by Gasteiger charge is -2.28. The summed E-state index contributed by atoms with van der Waals surface area (Å²) in [6, 6.07) is 4.29. The maximum absolute atomic E-state index is 12.6. The normalized spacial score (nSPS) is 13.6. The number of carbonyl (C=O) groups is 2. The molecule has 1 aliphatic heterocycles. The van der Waals surface area contributed by atoms with Gasteiger partial charge in [-0.1, -0.05) is 0 Å². The lowest BCUT2D eigenvalue weighted by molar-refractivity contribution is -0.384. The molecular weight excluding hydrogens is 458 g/mol. The molecule has 1 aliphatic rings. The zero-order valence-electron chi connectivity index (χ0n) is 19.4. The first kappa shape index (κ1) is 23.9. The van der Waals surface area contributed by atoms with E-state index < -0.39 is 16.9 Å². The summed E-state index contributed by atoms with van der Waals surface area (Å²) in [4.78, 5) is 46.3. The number of nitro groups is 1. The minimum absolute atomic E-state index is 0.0255. The van der Waals surface area contributed by atoms with Crippen LogP contribution in [-0.2, 0) is 16.1 Å². The number of nitrogen functional groups attached to an aromatic ring is 1. The Morgan fingerprint density at radius 3 is 2.60 bits per heavy atom. The van der Waals surface area contributed by atoms with Crippen molar-refractivity contribution in [1.29, 1.82) is 0 Å². The zero-order chi connectivity index (χ0) is 25.1. The van der Waals surface area contributed by atoms with Crippen molar-refractivity contribution in [1.82, 2.24) is 9.97 Å². The van der Waals surface area contributed by atoms with E-state index in [0.717, 1.165) is 32.4 Å². The van der Waals surface area contributed by atoms with Crippen LogP contribution >= 0.6 is 0 Å². The smallest absolute Gasteiger partial charge is 0.342 e. The van der Waals surface area contributed by atoms with Gasteiger partial charge in [-0.2, -0.15) is 4.98 Å². The van der Waals surface area contributed by atoms with Crippen LogP contribution in [0, 0.1) is 17.0 Å². The van der Waals surface area contributed by atoms with Crippen molar-refractivity contribution < 1.29 is 28.4 Å². The largest absolute Gasteiger partial charge is 0.462 e. The van der Waals surface area contributed by atoms with Gasteiger partial charge in [0.05, 0.1) is 22.5 Å². The van der Waals surface area contributed by atoms with E-state index in [1.165, 1.54) is 12.1 Å². The van der Waals surface area contributed by atoms with Gasteiger partial charge >= 0.3 is 11.9 Å². The number of aryl methyl sites for hydroxylation is 1. The maximum atomic E-state index is 12.6. The Kier molecular flexibility index (Phi) is 6.80. The van der Waals surface area contributed by atoms with Crippen LogP contribution < -0.4 is 10.6 Å². The van der Waals surface area contributed by atoms with E-state index in [2.05, 4.69) is 9.97 Å². The van der Waals surface area contributed by atoms with Crippen molar-refractivity contribution in [2.45, 2.75) is 39.7 Å². The number of nitrogens with two attached hydrogens (primary N) is 1. The van der Waals surface area contributed by atoms with Crippen LogP contribution in [0.4, 0.5) is 17.2 Å². The van der Waals surface area contributed by atoms with Gasteiger partial charge in [0.25, 0.3) is 5.69 Å². The molecule has 184 valence electrons. The number of fused-ring (bicyclic) bond motifs is 1. The van der Waals surface area contributed by atoms with Crippen LogP contribution in [0.3, 0.4) is 0 Å². The van der Waals surface area contributed by atoms with Crippen LogP contribution in [-0.4, -0.2) is 46.5 Å². The van der Waals surface area contributed by atoms with E-state index in [1.807, 2.05) is 4.90 Å². The number of carbonyl (C=O) groups excluding carboxylic acids is 2. The van der Waals surface area contributed by atoms with Gasteiger partial charge in [0.2, 0.25) is 5.71 Å². The fraction of sp³-hybridized carbons (Fsp3) is 0.391. The fourth-order valence-electron chi connectivity index (χ4n) is 4.11. The summed E-state index contributed by atoms with van der Waals surface area (Å²) >= 11 is 0. The Hall–Kier alpha value is -4.22. The summed E-state index contributed by atoms with van der Waals surface area (Å²) in [6.07, 6.45) is 3.02. The van der Waals surface area contributed by atoms with E-state index in [-0.39, 0.29) is 58.5 Å². The summed E-state index contributed by atoms with van der Waals surface area (Å²) < 4.78 is 15.8. The van der Waals surface area contributed by atoms with Crippen molar-refractivity contribution in [3.05, 3.63) is 51.0 Å². The maximum Gasteiger partial charge on any atom is 0.342 e. The molecule has 0 saturated carbocycles. The molecule has 0 bridgehead atoms. The molecule has 0 unspecified atom stereocenters. The predicted molar refractivity (Wildman–Crippen MR) is 125 cm³/mol. The van der Waals surface area contributed by atoms with Gasteiger partial charge in [0.1, 0.15) is 22.8 Å². The number of furan rings is 1. The molecule has 0 radical (unpaired) electrons. The lowest BCUT2D eigenvalue weighted by atomic mass is 10.1. The van der Waals surface area contributed by atoms with Gasteiger partial charge in [-0.25, -0.2) is 14.6 Å². The molecule has 2 N–H and O–H groups in total. The van der Waals surface area contributed by atoms with Crippen LogP contribution in [0.1, 0.15) is 58.5 Å². The number of nitro benzene ring substituents is 1. The van der Waals surface area contributed by atoms with Crippen molar-refractivity contribution in [2.75, 3.05) is 30.3 Å². The first-order valence-corrected chi connectivity index (χ1v) is 11.2. The standard InChI is InChI=1S/C23H25N5O7/c1-3-33-23(30)18-13(2)35-21-19(18)20(24)25-17(26-21)12-34-22(29)14-7-8-15(16(11-14)28(31)32)27-9-5-4-6-10-27/h7-8,11H,3-6,9-10,12H2,1-2H3,(H2,24,25,26). The number of hydrogen-bond acceptors (Lipinski definition) is 11. The van der Waals surface area contributed by atoms with Crippen LogP contribution in [0.2, 0.25) is 0 Å². The van der Waals surface area contributed by atoms with Gasteiger partial charge in [-0.15, -0.1) is 0 Å². The summed E-state index contributed by atoms with van der Waals surface area (Å²) in [7, 11) is 0. The predicted octanol–water partition coefficient (Wildman–Crippen LogP) is 3.55. The van der Waals surface area contributed by atoms with Crippen molar-refractivity contribution in [2.24, 2.45) is 0 Å². The van der Waals surface area contributed by atoms with E-state index in [1.54, 1.807) is 19.9 Å². The van der Waals surface area contributed by atoms with Gasteiger partial charge in [-0.05, 0) is 45.2 Å². The first-order valence-electron chi connectivity index (χ1n) is 11.2. The van der Waals surface area contributed by atoms with Crippen molar-refractivity contribution in [3.63, 3.8) is 0 Å². The number of esters is 2. The third-order valence-electron chi connectivity index (χ3n) is 5.72. The number of hydrogen-bond donors (Lipinski definition) is 1. The van der Waals surface area contributed by atoms with Crippen LogP contribution in [0.5, 0.6) is 0 Å². The second-order valence-electron chi connectivity index (χ2n) is 8.04. The highest BCUT2D eigenvalue weighted by Crippen LogP contribution is 2.32. The molecule has 0 aliphatic carbocycles. The van der Waals surface area contributed by atoms with E-state index >= 15 is 0 Å². The Labute approximate surface area is 200 Å². The second kappa shape index (κ2) is 9.95. The molecule has 2 aromatic heterocycles. The SMILES string of the molecule is CCOC(=O)c1c(C)oc2nc(COC(=O)c3ccc(N4CCCCC4)c([N+](=O)[O-])c3)nc(N)c12. The third-order valence-corrected chi connectivity index (χ3v) is 5.72. The Morgan fingerprint density at radius 2 is 1.91 bits per heavy atom. The summed E-state index contributed by atoms with van der Waals surface area (Å²) in [5.41, 5.74) is 6.59. The molecular formula is C23H25N5O7. The average Bonchev–Trinajstić information content (AvgIpc) is 3.19. The van der Waals surface area contributed by atoms with E-state index in [9.17, 15) is 19.7 Å². The number of piperidine rings is 1. The minimum atomic E-state index is -0.775. The van der Waals surface area contributed by atoms with E-state index in [4.69, 9.17) is 19.6 Å². The molecule has 1 fully saturated rings. The highest BCUT2D eigenvalue weighted by atomic mass is 16.6. The number of anilines is 2. The number of nitrogens with zero attached hydrogens (tertiary/aromatic N) is 4. The summed E-state index contributed by atoms with van der Waals surface area (Å²) in [5.74, 6) is -1.08. The molecule has 12 nitrogen and oxygen atoms in total. The van der Waals surface area contributed by atoms with Crippen molar-refractivity contribution in [3.8, 4) is 0 Å². The Morgan fingerprint density at radius 1 is 1.17 bits per heavy atom. The molecule has 1 saturated heterocycles. The fourth-order valence-corrected chi connectivity index (χ4v) is 4.11. The molecule has 0 amide bonds. The summed E-state index contributed by atoms with van der Waals surface area (Å²) in [5, 5.41) is 11.9. The lowest BCUT2D eigenvalue weighted by Crippen LogP contribution is -2.30. The second-order valence-corrected chi connectivity index (χ2v) is 8.04. The highest BCUT2D eigenvalue weighted by Gasteiger charge is 2.25. The molecule has 0 atom stereocenters. The first-order chi connectivity index (χ1) is 16.8. The quantitative estimate of drug-likeness (QED) is 0.297. The molecule has 4 rings (SSSR count). The van der Waals surface area contributed by atoms with Crippen LogP contribution in [0.15, 0.2) is 22.6 Å². The molecule has 0 spiro atoms. The molecule has 35 heavy (non-hydrogen) atoms.